The lowest BCUT2D eigenvalue weighted by molar-refractivity contribution is 0.419. The molecule has 1 aliphatic heterocycles. The number of pyridine rings is 1. The van der Waals surface area contributed by atoms with Gasteiger partial charge in [0, 0.05) is 55.0 Å². The Labute approximate surface area is 154 Å². The lowest BCUT2D eigenvalue weighted by Crippen LogP contribution is -2.45. The van der Waals surface area contributed by atoms with Gasteiger partial charge in [-0.15, -0.1) is 0 Å². The van der Waals surface area contributed by atoms with Gasteiger partial charge in [0.05, 0.1) is 5.69 Å². The molecule has 0 amide bonds. The van der Waals surface area contributed by atoms with Crippen molar-refractivity contribution in [3.8, 4) is 11.3 Å². The van der Waals surface area contributed by atoms with Crippen LogP contribution in [0.1, 0.15) is 24.1 Å². The summed E-state index contributed by atoms with van der Waals surface area (Å²) >= 11 is 0. The van der Waals surface area contributed by atoms with Crippen molar-refractivity contribution < 1.29 is 0 Å². The summed E-state index contributed by atoms with van der Waals surface area (Å²) in [4.78, 5) is 6.54. The highest BCUT2D eigenvalue weighted by molar-refractivity contribution is 5.58. The van der Waals surface area contributed by atoms with Crippen LogP contribution in [0.3, 0.4) is 0 Å². The monoisotopic (exact) mass is 347 g/mol. The lowest BCUT2D eigenvalue weighted by atomic mass is 10.0. The molecule has 1 atom stereocenters. The first kappa shape index (κ1) is 16.8. The van der Waals surface area contributed by atoms with Crippen LogP contribution >= 0.6 is 0 Å². The number of aryl methyl sites for hydroxylation is 1. The van der Waals surface area contributed by atoms with E-state index in [4.69, 9.17) is 0 Å². The van der Waals surface area contributed by atoms with Gasteiger partial charge in [-0.2, -0.15) is 5.10 Å². The topological polar surface area (TPSA) is 56.8 Å². The van der Waals surface area contributed by atoms with E-state index in [1.807, 2.05) is 12.1 Å². The number of H-pyrrole nitrogens is 1. The number of benzene rings is 1. The van der Waals surface area contributed by atoms with Crippen LogP contribution in [-0.4, -0.2) is 34.3 Å². The zero-order valence-electron chi connectivity index (χ0n) is 15.2. The molecular weight excluding hydrogens is 322 g/mol. The number of hydrogen-bond acceptors (Lipinski definition) is 4. The smallest absolute Gasteiger partial charge is 0.0925 e. The molecule has 1 saturated heterocycles. The molecule has 5 nitrogen and oxygen atoms in total. The van der Waals surface area contributed by atoms with Crippen LogP contribution in [0.15, 0.2) is 54.9 Å². The van der Waals surface area contributed by atoms with Crippen LogP contribution in [0.25, 0.3) is 11.3 Å². The Morgan fingerprint density at radius 3 is 2.77 bits per heavy atom. The summed E-state index contributed by atoms with van der Waals surface area (Å²) < 4.78 is 0. The molecule has 4 rings (SSSR count). The van der Waals surface area contributed by atoms with E-state index >= 15 is 0 Å². The van der Waals surface area contributed by atoms with Gasteiger partial charge in [0.25, 0.3) is 0 Å². The fourth-order valence-electron chi connectivity index (χ4n) is 3.51. The number of aromatic nitrogens is 3. The van der Waals surface area contributed by atoms with Crippen LogP contribution < -0.4 is 10.2 Å². The van der Waals surface area contributed by atoms with E-state index in [1.54, 1.807) is 12.4 Å². The highest BCUT2D eigenvalue weighted by Crippen LogP contribution is 2.21. The largest absolute Gasteiger partial charge is 0.370 e. The summed E-state index contributed by atoms with van der Waals surface area (Å²) in [5.41, 5.74) is 5.80. The maximum atomic E-state index is 4.42. The van der Waals surface area contributed by atoms with Crippen molar-refractivity contribution in [1.29, 1.82) is 0 Å². The van der Waals surface area contributed by atoms with E-state index in [2.05, 4.69) is 62.7 Å². The molecule has 2 aromatic heterocycles. The minimum absolute atomic E-state index is 0.498. The zero-order valence-corrected chi connectivity index (χ0v) is 15.2. The van der Waals surface area contributed by atoms with Gasteiger partial charge in [-0.3, -0.25) is 10.1 Å². The van der Waals surface area contributed by atoms with Crippen LogP contribution in [0.2, 0.25) is 0 Å². The van der Waals surface area contributed by atoms with Crippen molar-refractivity contribution in [3.05, 3.63) is 66.1 Å². The summed E-state index contributed by atoms with van der Waals surface area (Å²) in [7, 11) is 0. The van der Waals surface area contributed by atoms with E-state index in [-0.39, 0.29) is 0 Å². The molecule has 1 fully saturated rings. The molecular formula is C21H25N5. The second-order valence-electron chi connectivity index (χ2n) is 7.02. The van der Waals surface area contributed by atoms with Crippen molar-refractivity contribution in [3.63, 3.8) is 0 Å². The molecule has 0 spiro atoms. The van der Waals surface area contributed by atoms with Gasteiger partial charge in [0.15, 0.2) is 0 Å². The van der Waals surface area contributed by atoms with Gasteiger partial charge in [0.1, 0.15) is 0 Å². The maximum Gasteiger partial charge on any atom is 0.0925 e. The van der Waals surface area contributed by atoms with Crippen LogP contribution in [0.5, 0.6) is 0 Å². The van der Waals surface area contributed by atoms with Gasteiger partial charge in [0.2, 0.25) is 0 Å². The molecule has 0 radical (unpaired) electrons. The van der Waals surface area contributed by atoms with Gasteiger partial charge in [-0.25, -0.2) is 0 Å². The minimum Gasteiger partial charge on any atom is -0.370 e. The molecule has 26 heavy (non-hydrogen) atoms. The van der Waals surface area contributed by atoms with Crippen LogP contribution in [0.4, 0.5) is 5.69 Å². The molecule has 134 valence electrons. The third-order valence-electron chi connectivity index (χ3n) is 5.01. The van der Waals surface area contributed by atoms with Gasteiger partial charge in [-0.05, 0) is 50.1 Å². The first-order chi connectivity index (χ1) is 12.8. The highest BCUT2D eigenvalue weighted by Gasteiger charge is 2.20. The number of nitrogens with one attached hydrogen (secondary N) is 2. The Balaban J connectivity index is 1.34. The molecule has 1 unspecified atom stereocenters. The summed E-state index contributed by atoms with van der Waals surface area (Å²) in [6.07, 6.45) is 6.03. The molecule has 1 aliphatic rings. The van der Waals surface area contributed by atoms with E-state index in [9.17, 15) is 0 Å². The standard InChI is InChI=1S/C21H25N5/c1-16-4-6-20(7-5-16)26-12-2-3-18(15-26)23-14-19-13-21(25-24-19)17-8-10-22-11-9-17/h4-11,13,18,23H,2-3,12,14-15H2,1H3,(H,24,25). The third-order valence-corrected chi connectivity index (χ3v) is 5.01. The number of nitrogens with zero attached hydrogens (tertiary/aromatic N) is 3. The van der Waals surface area contributed by atoms with Crippen molar-refractivity contribution in [2.75, 3.05) is 18.0 Å². The maximum absolute atomic E-state index is 4.42. The quantitative estimate of drug-likeness (QED) is 0.741. The van der Waals surface area contributed by atoms with E-state index in [1.165, 1.54) is 24.1 Å². The summed E-state index contributed by atoms with van der Waals surface area (Å²) in [6.45, 7) is 5.13. The number of aromatic amines is 1. The molecule has 3 heterocycles. The summed E-state index contributed by atoms with van der Waals surface area (Å²) in [5, 5.41) is 11.3. The fourth-order valence-corrected chi connectivity index (χ4v) is 3.51. The molecule has 2 N–H and O–H groups in total. The van der Waals surface area contributed by atoms with Gasteiger partial charge < -0.3 is 10.2 Å². The van der Waals surface area contributed by atoms with Gasteiger partial charge >= 0.3 is 0 Å². The first-order valence-electron chi connectivity index (χ1n) is 9.27. The molecule has 3 aromatic rings. The number of anilines is 1. The van der Waals surface area contributed by atoms with Crippen LogP contribution in [-0.2, 0) is 6.54 Å². The Morgan fingerprint density at radius 2 is 1.96 bits per heavy atom. The Bertz CT molecular complexity index is 825. The minimum atomic E-state index is 0.498. The third kappa shape index (κ3) is 3.94. The average molecular weight is 347 g/mol. The molecule has 0 saturated carbocycles. The fraction of sp³-hybridized carbons (Fsp3) is 0.333. The zero-order chi connectivity index (χ0) is 17.8. The van der Waals surface area contributed by atoms with E-state index in [0.29, 0.717) is 6.04 Å². The predicted molar refractivity (Wildman–Crippen MR) is 105 cm³/mol. The summed E-state index contributed by atoms with van der Waals surface area (Å²) in [5.74, 6) is 0. The Hall–Kier alpha value is -2.66. The second kappa shape index (κ2) is 7.70. The summed E-state index contributed by atoms with van der Waals surface area (Å²) in [6, 6.07) is 15.4. The molecule has 5 heteroatoms. The van der Waals surface area contributed by atoms with Crippen LogP contribution in [0, 0.1) is 6.92 Å². The lowest BCUT2D eigenvalue weighted by Gasteiger charge is -2.35. The molecule has 0 aliphatic carbocycles. The molecule has 1 aromatic carbocycles. The second-order valence-corrected chi connectivity index (χ2v) is 7.02. The van der Waals surface area contributed by atoms with Crippen molar-refractivity contribution >= 4 is 5.69 Å². The number of rotatable bonds is 5. The van der Waals surface area contributed by atoms with E-state index < -0.39 is 0 Å². The number of piperidine rings is 1. The first-order valence-corrected chi connectivity index (χ1v) is 9.27. The van der Waals surface area contributed by atoms with Crippen molar-refractivity contribution in [2.24, 2.45) is 0 Å². The Kier molecular flexibility index (Phi) is 4.97. The highest BCUT2D eigenvalue weighted by atomic mass is 15.2. The molecule has 0 bridgehead atoms. The van der Waals surface area contributed by atoms with Crippen molar-refractivity contribution in [2.45, 2.75) is 32.4 Å². The van der Waals surface area contributed by atoms with E-state index in [0.717, 1.165) is 36.6 Å². The predicted octanol–water partition coefficient (Wildman–Crippen LogP) is 3.54. The van der Waals surface area contributed by atoms with Gasteiger partial charge in [-0.1, -0.05) is 17.7 Å². The van der Waals surface area contributed by atoms with Crippen molar-refractivity contribution in [1.82, 2.24) is 20.5 Å². The number of hydrogen-bond donors (Lipinski definition) is 2. The SMILES string of the molecule is Cc1ccc(N2CCCC(NCc3cc(-c4ccncc4)n[nH]3)C2)cc1. The Morgan fingerprint density at radius 1 is 1.15 bits per heavy atom. The normalized spacial score (nSPS) is 17.4. The average Bonchev–Trinajstić information content (AvgIpc) is 3.17.